The average Bonchev–Trinajstić information content (AvgIpc) is 2.33. The Balaban J connectivity index is 2.78. The Kier molecular flexibility index (Phi) is 5.44. The van der Waals surface area contributed by atoms with Crippen molar-refractivity contribution in [3.63, 3.8) is 0 Å². The van der Waals surface area contributed by atoms with Crippen LogP contribution >= 0.6 is 0 Å². The minimum absolute atomic E-state index is 0.218. The Morgan fingerprint density at radius 1 is 1.42 bits per heavy atom. The fourth-order valence-corrected chi connectivity index (χ4v) is 1.66. The van der Waals surface area contributed by atoms with Crippen molar-refractivity contribution >= 4 is 11.9 Å². The van der Waals surface area contributed by atoms with Gasteiger partial charge in [0, 0.05) is 25.8 Å². The molecule has 6 nitrogen and oxygen atoms in total. The molecule has 0 aromatic carbocycles. The molecule has 1 rings (SSSR count). The minimum Gasteiger partial charge on any atom is -0.480 e. The Bertz CT molecular complexity index is 474. The van der Waals surface area contributed by atoms with Gasteiger partial charge in [-0.05, 0) is 26.0 Å². The molecule has 0 aliphatic carbocycles. The van der Waals surface area contributed by atoms with Crippen LogP contribution in [0, 0.1) is 13.8 Å². The maximum absolute atomic E-state index is 12.0. The molecule has 0 spiro atoms. The first-order valence-corrected chi connectivity index (χ1v) is 5.92. The number of ether oxygens (including phenoxy) is 1. The number of carbonyl (C=O) groups excluding carboxylic acids is 1. The lowest BCUT2D eigenvalue weighted by Crippen LogP contribution is -2.41. The van der Waals surface area contributed by atoms with Gasteiger partial charge in [0.1, 0.15) is 6.04 Å². The third-order valence-corrected chi connectivity index (χ3v) is 2.68. The molecule has 1 atom stereocenters. The molecule has 0 saturated carbocycles. The van der Waals surface area contributed by atoms with Crippen molar-refractivity contribution in [3.05, 3.63) is 29.1 Å². The van der Waals surface area contributed by atoms with Crippen LogP contribution in [0.25, 0.3) is 0 Å². The third kappa shape index (κ3) is 4.33. The SMILES string of the molecule is COCCC(NC(=O)c1ccc(C)nc1C)C(=O)O. The van der Waals surface area contributed by atoms with Gasteiger partial charge in [-0.1, -0.05) is 0 Å². The molecule has 0 bridgehead atoms. The number of aromatic nitrogens is 1. The lowest BCUT2D eigenvalue weighted by molar-refractivity contribution is -0.139. The quantitative estimate of drug-likeness (QED) is 0.799. The van der Waals surface area contributed by atoms with Gasteiger partial charge in [-0.25, -0.2) is 4.79 Å². The molecule has 1 aromatic rings. The van der Waals surface area contributed by atoms with Crippen LogP contribution in [-0.4, -0.2) is 41.7 Å². The Labute approximate surface area is 111 Å². The van der Waals surface area contributed by atoms with Gasteiger partial charge in [0.2, 0.25) is 0 Å². The molecule has 1 amide bonds. The zero-order valence-corrected chi connectivity index (χ0v) is 11.3. The molecule has 6 heteroatoms. The van der Waals surface area contributed by atoms with Crippen LogP contribution in [0.4, 0.5) is 0 Å². The third-order valence-electron chi connectivity index (χ3n) is 2.68. The number of hydrogen-bond acceptors (Lipinski definition) is 4. The molecule has 0 saturated heterocycles. The van der Waals surface area contributed by atoms with Gasteiger partial charge in [-0.15, -0.1) is 0 Å². The maximum Gasteiger partial charge on any atom is 0.326 e. The predicted octanol–water partition coefficient (Wildman–Crippen LogP) is 0.918. The molecule has 104 valence electrons. The Morgan fingerprint density at radius 3 is 2.63 bits per heavy atom. The van der Waals surface area contributed by atoms with Gasteiger partial charge in [-0.3, -0.25) is 9.78 Å². The normalized spacial score (nSPS) is 11.9. The first-order chi connectivity index (χ1) is 8.95. The number of hydrogen-bond donors (Lipinski definition) is 2. The van der Waals surface area contributed by atoms with Crippen LogP contribution in [0.2, 0.25) is 0 Å². The number of nitrogens with zero attached hydrogens (tertiary/aromatic N) is 1. The summed E-state index contributed by atoms with van der Waals surface area (Å²) in [5, 5.41) is 11.5. The number of aliphatic carboxylic acids is 1. The van der Waals surface area contributed by atoms with E-state index in [2.05, 4.69) is 10.3 Å². The van der Waals surface area contributed by atoms with Crippen LogP contribution in [0.1, 0.15) is 28.2 Å². The number of aryl methyl sites for hydroxylation is 2. The number of nitrogens with one attached hydrogen (secondary N) is 1. The first kappa shape index (κ1) is 15.1. The van der Waals surface area contributed by atoms with Gasteiger partial charge in [0.25, 0.3) is 5.91 Å². The summed E-state index contributed by atoms with van der Waals surface area (Å²) in [6.07, 6.45) is 0.218. The van der Waals surface area contributed by atoms with E-state index in [0.29, 0.717) is 11.3 Å². The summed E-state index contributed by atoms with van der Waals surface area (Å²) in [7, 11) is 1.48. The summed E-state index contributed by atoms with van der Waals surface area (Å²) in [6, 6.07) is 2.39. The van der Waals surface area contributed by atoms with E-state index in [1.54, 1.807) is 19.1 Å². The summed E-state index contributed by atoms with van der Waals surface area (Å²) in [5.41, 5.74) is 1.77. The highest BCUT2D eigenvalue weighted by Gasteiger charge is 2.21. The van der Waals surface area contributed by atoms with Crippen molar-refractivity contribution in [2.75, 3.05) is 13.7 Å². The molecule has 0 fully saturated rings. The Morgan fingerprint density at radius 2 is 2.11 bits per heavy atom. The highest BCUT2D eigenvalue weighted by Crippen LogP contribution is 2.07. The first-order valence-electron chi connectivity index (χ1n) is 5.92. The molecule has 2 N–H and O–H groups in total. The van der Waals surface area contributed by atoms with Crippen LogP contribution in [0.15, 0.2) is 12.1 Å². The van der Waals surface area contributed by atoms with Gasteiger partial charge in [0.15, 0.2) is 0 Å². The summed E-state index contributed by atoms with van der Waals surface area (Å²) in [4.78, 5) is 27.2. The zero-order valence-electron chi connectivity index (χ0n) is 11.3. The van der Waals surface area contributed by atoms with E-state index >= 15 is 0 Å². The lowest BCUT2D eigenvalue weighted by atomic mass is 10.1. The second-order valence-electron chi connectivity index (χ2n) is 4.23. The molecule has 1 heterocycles. The van der Waals surface area contributed by atoms with E-state index in [1.165, 1.54) is 7.11 Å². The summed E-state index contributed by atoms with van der Waals surface area (Å²) in [6.45, 7) is 3.81. The van der Waals surface area contributed by atoms with E-state index in [1.807, 2.05) is 6.92 Å². The molecular formula is C13H18N2O4. The molecule has 1 unspecified atom stereocenters. The van der Waals surface area contributed by atoms with E-state index in [4.69, 9.17) is 9.84 Å². The number of methoxy groups -OCH3 is 1. The van der Waals surface area contributed by atoms with Crippen molar-refractivity contribution in [3.8, 4) is 0 Å². The fourth-order valence-electron chi connectivity index (χ4n) is 1.66. The highest BCUT2D eigenvalue weighted by atomic mass is 16.5. The molecule has 19 heavy (non-hydrogen) atoms. The minimum atomic E-state index is -1.08. The number of pyridine rings is 1. The molecule has 0 aliphatic rings. The van der Waals surface area contributed by atoms with Crippen LogP contribution in [0.5, 0.6) is 0 Å². The number of amides is 1. The van der Waals surface area contributed by atoms with Crippen molar-refractivity contribution < 1.29 is 19.4 Å². The largest absolute Gasteiger partial charge is 0.480 e. The van der Waals surface area contributed by atoms with Crippen molar-refractivity contribution in [2.45, 2.75) is 26.3 Å². The van der Waals surface area contributed by atoms with E-state index in [9.17, 15) is 9.59 Å². The Hall–Kier alpha value is -1.95. The highest BCUT2D eigenvalue weighted by molar-refractivity contribution is 5.97. The molecule has 0 radical (unpaired) electrons. The van der Waals surface area contributed by atoms with Gasteiger partial charge in [0.05, 0.1) is 11.3 Å². The van der Waals surface area contributed by atoms with Crippen molar-refractivity contribution in [1.29, 1.82) is 0 Å². The van der Waals surface area contributed by atoms with E-state index < -0.39 is 17.9 Å². The average molecular weight is 266 g/mol. The van der Waals surface area contributed by atoms with Gasteiger partial charge in [-0.2, -0.15) is 0 Å². The zero-order chi connectivity index (χ0) is 14.4. The molecule has 1 aromatic heterocycles. The van der Waals surface area contributed by atoms with Crippen molar-refractivity contribution in [2.24, 2.45) is 0 Å². The monoisotopic (exact) mass is 266 g/mol. The second kappa shape index (κ2) is 6.84. The van der Waals surface area contributed by atoms with Crippen LogP contribution < -0.4 is 5.32 Å². The number of rotatable bonds is 6. The standard InChI is InChI=1S/C13H18N2O4/c1-8-4-5-10(9(2)14-8)12(16)15-11(13(17)18)6-7-19-3/h4-5,11H,6-7H2,1-3H3,(H,15,16)(H,17,18). The van der Waals surface area contributed by atoms with Gasteiger partial charge >= 0.3 is 5.97 Å². The second-order valence-corrected chi connectivity index (χ2v) is 4.23. The fraction of sp³-hybridized carbons (Fsp3) is 0.462. The van der Waals surface area contributed by atoms with E-state index in [-0.39, 0.29) is 13.0 Å². The van der Waals surface area contributed by atoms with Crippen LogP contribution in [0.3, 0.4) is 0 Å². The van der Waals surface area contributed by atoms with Crippen LogP contribution in [-0.2, 0) is 9.53 Å². The number of carboxylic acids is 1. The number of carboxylic acid groups (broad SMARTS) is 1. The van der Waals surface area contributed by atoms with Crippen molar-refractivity contribution in [1.82, 2.24) is 10.3 Å². The maximum atomic E-state index is 12.0. The molecular weight excluding hydrogens is 248 g/mol. The molecule has 0 aliphatic heterocycles. The van der Waals surface area contributed by atoms with E-state index in [0.717, 1.165) is 5.69 Å². The summed E-state index contributed by atoms with van der Waals surface area (Å²) >= 11 is 0. The summed E-state index contributed by atoms with van der Waals surface area (Å²) in [5.74, 6) is -1.52. The van der Waals surface area contributed by atoms with Gasteiger partial charge < -0.3 is 15.2 Å². The topological polar surface area (TPSA) is 88.5 Å². The predicted molar refractivity (Wildman–Crippen MR) is 69.1 cm³/mol. The summed E-state index contributed by atoms with van der Waals surface area (Å²) < 4.78 is 4.82. The lowest BCUT2D eigenvalue weighted by Gasteiger charge is -2.14. The smallest absolute Gasteiger partial charge is 0.326 e. The number of carbonyl (C=O) groups is 2.